The van der Waals surface area contributed by atoms with Gasteiger partial charge in [-0.2, -0.15) is 0 Å². The molecule has 2 unspecified atom stereocenters. The van der Waals surface area contributed by atoms with E-state index in [1.807, 2.05) is 41.9 Å². The zero-order valence-corrected chi connectivity index (χ0v) is 17.6. The first-order chi connectivity index (χ1) is 14.5. The molecule has 0 aliphatic heterocycles. The van der Waals surface area contributed by atoms with Crippen LogP contribution in [-0.2, 0) is 4.79 Å². The van der Waals surface area contributed by atoms with Gasteiger partial charge in [0.25, 0.3) is 0 Å². The fourth-order valence-electron chi connectivity index (χ4n) is 4.07. The number of benzene rings is 2. The largest absolute Gasteiger partial charge is 0.356 e. The first-order valence-corrected chi connectivity index (χ1v) is 10.7. The third kappa shape index (κ3) is 4.38. The lowest BCUT2D eigenvalue weighted by molar-refractivity contribution is -0.120. The van der Waals surface area contributed by atoms with Crippen LogP contribution in [0.4, 0.5) is 4.39 Å². The Kier molecular flexibility index (Phi) is 6.13. The molecule has 0 bridgehead atoms. The summed E-state index contributed by atoms with van der Waals surface area (Å²) in [6.07, 6.45) is 5.36. The third-order valence-corrected chi connectivity index (χ3v) is 6.08. The molecule has 2 aromatic carbocycles. The number of hydrogen-bond acceptors (Lipinski definition) is 3. The molecule has 1 aliphatic rings. The van der Waals surface area contributed by atoms with Crippen molar-refractivity contribution >= 4 is 17.5 Å². The molecule has 7 heteroatoms. The van der Waals surface area contributed by atoms with Gasteiger partial charge in [-0.25, -0.2) is 9.07 Å². The molecule has 1 saturated carbocycles. The number of aromatic nitrogens is 3. The van der Waals surface area contributed by atoms with E-state index in [4.69, 9.17) is 11.6 Å². The van der Waals surface area contributed by atoms with Gasteiger partial charge < -0.3 is 5.32 Å². The summed E-state index contributed by atoms with van der Waals surface area (Å²) >= 11 is 5.78. The van der Waals surface area contributed by atoms with Crippen molar-refractivity contribution in [1.29, 1.82) is 0 Å². The third-order valence-electron chi connectivity index (χ3n) is 5.78. The first kappa shape index (κ1) is 20.5. The highest BCUT2D eigenvalue weighted by Gasteiger charge is 2.28. The number of hydrogen-bond donors (Lipinski definition) is 1. The van der Waals surface area contributed by atoms with Crippen molar-refractivity contribution in [1.82, 2.24) is 20.3 Å². The summed E-state index contributed by atoms with van der Waals surface area (Å²) in [5, 5.41) is 11.6. The summed E-state index contributed by atoms with van der Waals surface area (Å²) in [4.78, 5) is 11.5. The predicted molar refractivity (Wildman–Crippen MR) is 116 cm³/mol. The van der Waals surface area contributed by atoms with Crippen molar-refractivity contribution in [2.75, 3.05) is 6.54 Å². The zero-order chi connectivity index (χ0) is 21.1. The molecule has 0 radical (unpaired) electrons. The fraction of sp³-hybridized carbons (Fsp3) is 0.348. The van der Waals surface area contributed by atoms with E-state index in [9.17, 15) is 9.18 Å². The average molecular weight is 427 g/mol. The van der Waals surface area contributed by atoms with Gasteiger partial charge in [-0.1, -0.05) is 54.1 Å². The topological polar surface area (TPSA) is 59.8 Å². The van der Waals surface area contributed by atoms with E-state index < -0.39 is 5.82 Å². The highest BCUT2D eigenvalue weighted by Crippen LogP contribution is 2.36. The van der Waals surface area contributed by atoms with Crippen LogP contribution < -0.4 is 5.32 Å². The van der Waals surface area contributed by atoms with Crippen LogP contribution in [-0.4, -0.2) is 27.4 Å². The Labute approximate surface area is 180 Å². The molecule has 5 nitrogen and oxygen atoms in total. The molecule has 156 valence electrons. The smallest absolute Gasteiger partial charge is 0.219 e. The van der Waals surface area contributed by atoms with Gasteiger partial charge in [0, 0.05) is 18.5 Å². The molecule has 4 rings (SSSR count). The monoisotopic (exact) mass is 426 g/mol. The van der Waals surface area contributed by atoms with Crippen molar-refractivity contribution < 1.29 is 9.18 Å². The van der Waals surface area contributed by atoms with Crippen molar-refractivity contribution in [3.63, 3.8) is 0 Å². The van der Waals surface area contributed by atoms with Crippen LogP contribution in [0, 0.1) is 11.7 Å². The van der Waals surface area contributed by atoms with E-state index >= 15 is 0 Å². The summed E-state index contributed by atoms with van der Waals surface area (Å²) in [7, 11) is 0. The molecule has 30 heavy (non-hydrogen) atoms. The lowest BCUT2D eigenvalue weighted by Gasteiger charge is -2.15. The Hall–Kier alpha value is -2.73. The highest BCUT2D eigenvalue weighted by molar-refractivity contribution is 6.30. The quantitative estimate of drug-likeness (QED) is 0.584. The van der Waals surface area contributed by atoms with Gasteiger partial charge in [-0.05, 0) is 48.4 Å². The number of rotatable bonds is 6. The van der Waals surface area contributed by atoms with Gasteiger partial charge in [-0.15, -0.1) is 5.10 Å². The van der Waals surface area contributed by atoms with Crippen LogP contribution in [0.5, 0.6) is 0 Å². The van der Waals surface area contributed by atoms with Crippen LogP contribution in [0.2, 0.25) is 5.02 Å². The SMILES string of the molecule is CCC(=O)NCC1CCC(n2nncc2-c2ccc(-c3ccc(Cl)c(F)c3)cc2)C1. The second-order valence-corrected chi connectivity index (χ2v) is 8.17. The normalized spacial score (nSPS) is 18.5. The fourth-order valence-corrected chi connectivity index (χ4v) is 4.19. The molecular formula is C23H24ClFN4O. The minimum Gasteiger partial charge on any atom is -0.356 e. The predicted octanol–water partition coefficient (Wildman–Crippen LogP) is 5.27. The summed E-state index contributed by atoms with van der Waals surface area (Å²) in [5.41, 5.74) is 3.68. The molecule has 1 aromatic heterocycles. The average Bonchev–Trinajstić information content (AvgIpc) is 3.43. The van der Waals surface area contributed by atoms with Crippen molar-refractivity contribution in [2.45, 2.75) is 38.6 Å². The van der Waals surface area contributed by atoms with Crippen LogP contribution in [0.3, 0.4) is 0 Å². The molecule has 0 spiro atoms. The van der Waals surface area contributed by atoms with Gasteiger partial charge in [0.05, 0.1) is 23.0 Å². The van der Waals surface area contributed by atoms with Crippen LogP contribution >= 0.6 is 11.6 Å². The first-order valence-electron chi connectivity index (χ1n) is 10.3. The lowest BCUT2D eigenvalue weighted by Crippen LogP contribution is -2.27. The van der Waals surface area contributed by atoms with Gasteiger partial charge >= 0.3 is 0 Å². The summed E-state index contributed by atoms with van der Waals surface area (Å²) < 4.78 is 15.8. The highest BCUT2D eigenvalue weighted by atomic mass is 35.5. The standard InChI is InChI=1S/C23H24ClFN4O/c1-2-23(30)26-13-15-3-9-19(11-15)29-22(14-27-28-29)17-6-4-16(5-7-17)18-8-10-20(24)21(25)12-18/h4-8,10,12,14-15,19H,2-3,9,11,13H2,1H3,(H,26,30). The lowest BCUT2D eigenvalue weighted by atomic mass is 10.0. The summed E-state index contributed by atoms with van der Waals surface area (Å²) in [5.74, 6) is 0.136. The maximum Gasteiger partial charge on any atom is 0.219 e. The second kappa shape index (κ2) is 8.96. The maximum atomic E-state index is 13.8. The van der Waals surface area contributed by atoms with Crippen LogP contribution in [0.25, 0.3) is 22.4 Å². The van der Waals surface area contributed by atoms with E-state index in [-0.39, 0.29) is 17.0 Å². The Morgan fingerprint density at radius 2 is 1.90 bits per heavy atom. The second-order valence-electron chi connectivity index (χ2n) is 7.76. The number of amides is 1. The molecule has 1 aliphatic carbocycles. The van der Waals surface area contributed by atoms with Crippen molar-refractivity contribution in [3.05, 3.63) is 59.5 Å². The Morgan fingerprint density at radius 1 is 1.17 bits per heavy atom. The maximum absolute atomic E-state index is 13.8. The molecule has 1 amide bonds. The van der Waals surface area contributed by atoms with Crippen molar-refractivity contribution in [2.24, 2.45) is 5.92 Å². The van der Waals surface area contributed by atoms with Gasteiger partial charge in [0.15, 0.2) is 0 Å². The van der Waals surface area contributed by atoms with E-state index in [0.29, 0.717) is 12.3 Å². The molecule has 0 saturated heterocycles. The summed E-state index contributed by atoms with van der Waals surface area (Å²) in [6, 6.07) is 13.0. The molecule has 3 aromatic rings. The molecule has 1 N–H and O–H groups in total. The molecule has 1 heterocycles. The van der Waals surface area contributed by atoms with Crippen molar-refractivity contribution in [3.8, 4) is 22.4 Å². The number of nitrogens with one attached hydrogen (secondary N) is 1. The number of carbonyl (C=O) groups excluding carboxylic acids is 1. The molecule has 1 fully saturated rings. The van der Waals surface area contributed by atoms with Gasteiger partial charge in [0.1, 0.15) is 5.82 Å². The Bertz CT molecular complexity index is 1030. The number of nitrogens with zero attached hydrogens (tertiary/aromatic N) is 3. The minimum atomic E-state index is -0.425. The van der Waals surface area contributed by atoms with E-state index in [2.05, 4.69) is 15.6 Å². The number of carbonyl (C=O) groups is 1. The summed E-state index contributed by atoms with van der Waals surface area (Å²) in [6.45, 7) is 2.59. The molecular weight excluding hydrogens is 403 g/mol. The minimum absolute atomic E-state index is 0.0977. The van der Waals surface area contributed by atoms with E-state index in [1.54, 1.807) is 12.3 Å². The Morgan fingerprint density at radius 3 is 2.63 bits per heavy atom. The van der Waals surface area contributed by atoms with Crippen LogP contribution in [0.1, 0.15) is 38.6 Å². The van der Waals surface area contributed by atoms with Gasteiger partial charge in [-0.3, -0.25) is 4.79 Å². The molecule has 2 atom stereocenters. The van der Waals surface area contributed by atoms with E-state index in [0.717, 1.165) is 48.2 Å². The number of halogens is 2. The van der Waals surface area contributed by atoms with Crippen LogP contribution in [0.15, 0.2) is 48.7 Å². The Balaban J connectivity index is 1.48. The van der Waals surface area contributed by atoms with E-state index in [1.165, 1.54) is 6.07 Å². The van der Waals surface area contributed by atoms with Gasteiger partial charge in [0.2, 0.25) is 5.91 Å². The zero-order valence-electron chi connectivity index (χ0n) is 16.8.